The van der Waals surface area contributed by atoms with Gasteiger partial charge in [-0.2, -0.15) is 0 Å². The Morgan fingerprint density at radius 1 is 1.08 bits per heavy atom. The molecule has 6 nitrogen and oxygen atoms in total. The van der Waals surface area contributed by atoms with Gasteiger partial charge in [0.15, 0.2) is 0 Å². The van der Waals surface area contributed by atoms with Gasteiger partial charge < -0.3 is 24.8 Å². The zero-order valence-corrected chi connectivity index (χ0v) is 20.2. The largest absolute Gasteiger partial charge is 1.00 e. The number of methoxy groups -OCH3 is 1. The fraction of sp³-hybridized carbons (Fsp3) is 0.133. The summed E-state index contributed by atoms with van der Waals surface area (Å²) < 4.78 is 9.61. The van der Waals surface area contributed by atoms with Gasteiger partial charge in [0.25, 0.3) is 5.91 Å². The summed E-state index contributed by atoms with van der Waals surface area (Å²) in [6.45, 7) is 0.301. The summed E-state index contributed by atoms with van der Waals surface area (Å²) in [5.74, 6) is 0.451. The van der Waals surface area contributed by atoms with Gasteiger partial charge in [-0.25, -0.2) is 0 Å². The predicted molar refractivity (Wildman–Crippen MR) is 77.0 cm³/mol. The van der Waals surface area contributed by atoms with Crippen molar-refractivity contribution in [3.63, 3.8) is 0 Å². The van der Waals surface area contributed by atoms with Crippen LogP contribution in [-0.4, -0.2) is 20.3 Å². The van der Waals surface area contributed by atoms with Crippen LogP contribution in [0.5, 0.6) is 11.5 Å². The van der Waals surface area contributed by atoms with Crippen molar-refractivity contribution >= 4 is 13.2 Å². The molecule has 9 heteroatoms. The van der Waals surface area contributed by atoms with E-state index in [1.165, 1.54) is 19.2 Å². The molecule has 0 atom stereocenters. The maximum Gasteiger partial charge on any atom is 1.00 e. The first-order valence-corrected chi connectivity index (χ1v) is 6.58. The fourth-order valence-corrected chi connectivity index (χ4v) is 1.91. The molecule has 0 spiro atoms. The normalized spacial score (nSPS) is 9.12. The first-order chi connectivity index (χ1) is 10.6. The molecule has 0 heterocycles. The molecule has 0 saturated heterocycles. The summed E-state index contributed by atoms with van der Waals surface area (Å²) in [5, 5.41) is 23.5. The van der Waals surface area contributed by atoms with Crippen LogP contribution >= 0.6 is 0 Å². The smallest absolute Gasteiger partial charge is 0.860 e. The minimum absolute atomic E-state index is 0. The second-order valence-corrected chi connectivity index (χ2v) is 4.43. The van der Waals surface area contributed by atoms with Crippen molar-refractivity contribution in [1.29, 1.82) is 0 Å². The van der Waals surface area contributed by atoms with E-state index in [-0.39, 0.29) is 114 Å². The maximum absolute atomic E-state index is 12.1. The van der Waals surface area contributed by atoms with Gasteiger partial charge in [0, 0.05) is 6.54 Å². The molecular formula is C15H14BK2NO5. The Morgan fingerprint density at radius 3 is 2.29 bits per heavy atom. The molecule has 0 aliphatic heterocycles. The van der Waals surface area contributed by atoms with Crippen LogP contribution in [0.1, 0.15) is 15.9 Å². The minimum Gasteiger partial charge on any atom is -0.860 e. The van der Waals surface area contributed by atoms with Gasteiger partial charge in [0.2, 0.25) is 0 Å². The fourth-order valence-electron chi connectivity index (χ4n) is 1.91. The van der Waals surface area contributed by atoms with Crippen molar-refractivity contribution in [3.8, 4) is 11.5 Å². The molecule has 1 N–H and O–H groups in total. The zero-order valence-electron chi connectivity index (χ0n) is 13.9. The van der Waals surface area contributed by atoms with E-state index in [2.05, 4.69) is 9.97 Å². The van der Waals surface area contributed by atoms with Gasteiger partial charge in [-0.05, 0) is 29.8 Å². The van der Waals surface area contributed by atoms with Gasteiger partial charge in [-0.1, -0.05) is 24.3 Å². The van der Waals surface area contributed by atoms with Crippen molar-refractivity contribution in [2.75, 3.05) is 7.11 Å². The molecule has 0 aliphatic carbocycles. The summed E-state index contributed by atoms with van der Waals surface area (Å²) in [7, 11) is -0.847. The molecule has 114 valence electrons. The van der Waals surface area contributed by atoms with Crippen LogP contribution in [0.3, 0.4) is 0 Å². The number of carbonyl (C=O) groups is 1. The molecule has 2 aromatic rings. The number of carbonyl (C=O) groups excluding carboxylic acids is 1. The molecule has 2 aromatic carbocycles. The molecule has 0 aromatic heterocycles. The first kappa shape index (κ1) is 24.8. The summed E-state index contributed by atoms with van der Waals surface area (Å²) >= 11 is 0. The van der Waals surface area contributed by atoms with Crippen molar-refractivity contribution in [3.05, 3.63) is 59.7 Å². The Labute approximate surface area is 226 Å². The Hall–Kier alpha value is 0.768. The number of para-hydroxylation sites is 1. The monoisotopic (exact) mass is 377 g/mol. The van der Waals surface area contributed by atoms with Gasteiger partial charge in [0.1, 0.15) is 13.1 Å². The van der Waals surface area contributed by atoms with Gasteiger partial charge in [-0.15, -0.1) is 0 Å². The molecule has 0 saturated carbocycles. The van der Waals surface area contributed by atoms with E-state index in [9.17, 15) is 14.8 Å². The molecular weight excluding hydrogens is 363 g/mol. The number of rotatable bonds is 6. The van der Waals surface area contributed by atoms with E-state index < -0.39 is 7.32 Å². The Balaban J connectivity index is 0.00000264. The van der Waals surface area contributed by atoms with Crippen LogP contribution in [0.4, 0.5) is 0 Å². The topological polar surface area (TPSA) is 93.7 Å². The predicted octanol–water partition coefficient (Wildman–Crippen LogP) is -6.28. The van der Waals surface area contributed by atoms with Crippen LogP contribution in [0.25, 0.3) is 0 Å². The Kier molecular flexibility index (Phi) is 13.4. The van der Waals surface area contributed by atoms with E-state index in [0.29, 0.717) is 17.9 Å². The summed E-state index contributed by atoms with van der Waals surface area (Å²) in [6.07, 6.45) is 0. The number of hydrogen-bond acceptors (Lipinski definition) is 5. The van der Waals surface area contributed by atoms with Crippen LogP contribution < -0.4 is 128 Å². The van der Waals surface area contributed by atoms with Gasteiger partial charge >= 0.3 is 103 Å². The third kappa shape index (κ3) is 7.98. The van der Waals surface area contributed by atoms with E-state index in [1.807, 2.05) is 0 Å². The molecule has 0 unspecified atom stereocenters. The van der Waals surface area contributed by atoms with Crippen LogP contribution in [-0.2, 0) is 6.54 Å². The third-order valence-corrected chi connectivity index (χ3v) is 2.96. The first-order valence-electron chi connectivity index (χ1n) is 6.58. The van der Waals surface area contributed by atoms with E-state index >= 15 is 0 Å². The Bertz CT molecular complexity index is 640. The minimum atomic E-state index is -2.35. The number of benzene rings is 2. The van der Waals surface area contributed by atoms with E-state index in [0.717, 1.165) is 5.56 Å². The summed E-state index contributed by atoms with van der Waals surface area (Å²) in [4.78, 5) is 12.1. The third-order valence-electron chi connectivity index (χ3n) is 2.96. The number of hydrogen-bond donors (Lipinski definition) is 1. The molecule has 0 radical (unpaired) electrons. The Morgan fingerprint density at radius 2 is 1.71 bits per heavy atom. The van der Waals surface area contributed by atoms with Crippen LogP contribution in [0, 0.1) is 0 Å². The molecule has 0 aliphatic rings. The van der Waals surface area contributed by atoms with Crippen LogP contribution in [0.2, 0.25) is 0 Å². The molecule has 1 amide bonds. The maximum atomic E-state index is 12.1. The van der Waals surface area contributed by atoms with Crippen molar-refractivity contribution in [2.24, 2.45) is 0 Å². The average Bonchev–Trinajstić information content (AvgIpc) is 2.53. The SMILES string of the molecule is COc1ccccc1C(=O)NCc1ccc(OB([O-])[O-])cc1.[K+].[K+]. The second kappa shape index (κ2) is 13.0. The summed E-state index contributed by atoms with van der Waals surface area (Å²) in [5.41, 5.74) is 1.26. The standard InChI is InChI=1S/C15H14BNO5.2K/c1-21-14-5-3-2-4-13(14)15(18)17-10-11-6-8-12(9-7-11)22-16(19)20;;/h2-9H,10H2,1H3,(H,17,18);;/q-2;2*+1. The van der Waals surface area contributed by atoms with Gasteiger partial charge in [-0.3, -0.25) is 4.79 Å². The number of amides is 1. The second-order valence-electron chi connectivity index (χ2n) is 4.43. The van der Waals surface area contributed by atoms with E-state index in [4.69, 9.17) is 4.74 Å². The molecule has 2 rings (SSSR count). The summed E-state index contributed by atoms with van der Waals surface area (Å²) in [6, 6.07) is 13.3. The van der Waals surface area contributed by atoms with Crippen molar-refractivity contribution < 1.29 is 127 Å². The zero-order chi connectivity index (χ0) is 15.9. The van der Waals surface area contributed by atoms with Crippen molar-refractivity contribution in [2.45, 2.75) is 6.54 Å². The number of nitrogens with one attached hydrogen (secondary N) is 1. The quantitative estimate of drug-likeness (QED) is 0.506. The van der Waals surface area contributed by atoms with Crippen LogP contribution in [0.15, 0.2) is 48.5 Å². The van der Waals surface area contributed by atoms with Crippen molar-refractivity contribution in [1.82, 2.24) is 5.32 Å². The molecule has 24 heavy (non-hydrogen) atoms. The molecule has 0 bridgehead atoms. The van der Waals surface area contributed by atoms with E-state index in [1.54, 1.807) is 36.4 Å². The van der Waals surface area contributed by atoms with Gasteiger partial charge in [0.05, 0.1) is 18.4 Å². The number of ether oxygens (including phenoxy) is 1. The molecule has 0 fully saturated rings. The average molecular weight is 377 g/mol.